The van der Waals surface area contributed by atoms with Crippen molar-refractivity contribution in [2.75, 3.05) is 26.3 Å². The van der Waals surface area contributed by atoms with Crippen LogP contribution in [0.2, 0.25) is 0 Å². The van der Waals surface area contributed by atoms with Gasteiger partial charge in [0, 0.05) is 13.1 Å². The van der Waals surface area contributed by atoms with Crippen LogP contribution in [-0.2, 0) is 10.2 Å². The Kier molecular flexibility index (Phi) is 4.25. The Balaban J connectivity index is 2.00. The average molecular weight is 249 g/mol. The van der Waals surface area contributed by atoms with Gasteiger partial charge in [-0.05, 0) is 17.0 Å². The van der Waals surface area contributed by atoms with Gasteiger partial charge in [0.1, 0.15) is 18.5 Å². The summed E-state index contributed by atoms with van der Waals surface area (Å²) in [6.07, 6.45) is 0.159. The standard InChI is InChI=1S/C15H23NO2/c1-15(2,3)13-6-4-5-7-14(13)18-11-12-10-16-8-9-17-12/h4-7,12,16H,8-11H2,1-3H3. The smallest absolute Gasteiger partial charge is 0.123 e. The Hall–Kier alpha value is -1.06. The first kappa shape index (κ1) is 13.4. The van der Waals surface area contributed by atoms with Gasteiger partial charge in [-0.3, -0.25) is 0 Å². The number of nitrogens with one attached hydrogen (secondary N) is 1. The minimum Gasteiger partial charge on any atom is -0.491 e. The highest BCUT2D eigenvalue weighted by molar-refractivity contribution is 5.38. The highest BCUT2D eigenvalue weighted by atomic mass is 16.5. The summed E-state index contributed by atoms with van der Waals surface area (Å²) < 4.78 is 11.6. The third-order valence-corrected chi connectivity index (χ3v) is 3.12. The fourth-order valence-corrected chi connectivity index (χ4v) is 2.12. The minimum absolute atomic E-state index is 0.0995. The molecule has 0 radical (unpaired) electrons. The van der Waals surface area contributed by atoms with E-state index in [1.54, 1.807) is 0 Å². The van der Waals surface area contributed by atoms with E-state index in [0.717, 1.165) is 25.4 Å². The molecule has 0 amide bonds. The van der Waals surface area contributed by atoms with Gasteiger partial charge < -0.3 is 14.8 Å². The van der Waals surface area contributed by atoms with Gasteiger partial charge in [-0.2, -0.15) is 0 Å². The van der Waals surface area contributed by atoms with Crippen molar-refractivity contribution in [3.8, 4) is 5.75 Å². The molecule has 3 nitrogen and oxygen atoms in total. The van der Waals surface area contributed by atoms with Crippen molar-refractivity contribution in [3.63, 3.8) is 0 Å². The fourth-order valence-electron chi connectivity index (χ4n) is 2.12. The Morgan fingerprint density at radius 2 is 2.11 bits per heavy atom. The molecule has 1 N–H and O–H groups in total. The molecule has 18 heavy (non-hydrogen) atoms. The number of para-hydroxylation sites is 1. The third-order valence-electron chi connectivity index (χ3n) is 3.12. The van der Waals surface area contributed by atoms with Crippen LogP contribution in [0.25, 0.3) is 0 Å². The molecule has 0 bridgehead atoms. The molecule has 3 heteroatoms. The highest BCUT2D eigenvalue weighted by Crippen LogP contribution is 2.31. The molecule has 1 aliphatic heterocycles. The Bertz CT molecular complexity index is 378. The van der Waals surface area contributed by atoms with E-state index in [9.17, 15) is 0 Å². The van der Waals surface area contributed by atoms with E-state index in [2.05, 4.69) is 38.2 Å². The van der Waals surface area contributed by atoms with Gasteiger partial charge >= 0.3 is 0 Å². The maximum absolute atomic E-state index is 5.94. The number of morpholine rings is 1. The average Bonchev–Trinajstić information content (AvgIpc) is 2.37. The number of rotatable bonds is 3. The van der Waals surface area contributed by atoms with E-state index in [4.69, 9.17) is 9.47 Å². The van der Waals surface area contributed by atoms with Gasteiger partial charge in [0.2, 0.25) is 0 Å². The van der Waals surface area contributed by atoms with Crippen molar-refractivity contribution >= 4 is 0 Å². The molecule has 1 fully saturated rings. The topological polar surface area (TPSA) is 30.5 Å². The lowest BCUT2D eigenvalue weighted by Gasteiger charge is -2.26. The largest absolute Gasteiger partial charge is 0.491 e. The molecule has 1 heterocycles. The van der Waals surface area contributed by atoms with Crippen LogP contribution in [0.3, 0.4) is 0 Å². The van der Waals surface area contributed by atoms with Crippen LogP contribution in [0.1, 0.15) is 26.3 Å². The number of ether oxygens (including phenoxy) is 2. The summed E-state index contributed by atoms with van der Waals surface area (Å²) in [5.74, 6) is 0.971. The molecule has 1 atom stereocenters. The first-order valence-electron chi connectivity index (χ1n) is 6.62. The summed E-state index contributed by atoms with van der Waals surface area (Å²) in [5.41, 5.74) is 1.34. The van der Waals surface area contributed by atoms with Gasteiger partial charge in [0.15, 0.2) is 0 Å². The molecule has 0 aromatic heterocycles. The zero-order chi connectivity index (χ0) is 13.0. The van der Waals surface area contributed by atoms with E-state index < -0.39 is 0 Å². The zero-order valence-corrected chi connectivity index (χ0v) is 11.5. The lowest BCUT2D eigenvalue weighted by molar-refractivity contribution is -0.000150. The van der Waals surface area contributed by atoms with Crippen LogP contribution < -0.4 is 10.1 Å². The highest BCUT2D eigenvalue weighted by Gasteiger charge is 2.20. The second-order valence-corrected chi connectivity index (χ2v) is 5.75. The molecular formula is C15H23NO2. The van der Waals surface area contributed by atoms with E-state index >= 15 is 0 Å². The molecule has 1 aromatic carbocycles. The second kappa shape index (κ2) is 5.72. The van der Waals surface area contributed by atoms with Crippen molar-refractivity contribution in [2.45, 2.75) is 32.3 Å². The van der Waals surface area contributed by atoms with Crippen LogP contribution in [0.4, 0.5) is 0 Å². The van der Waals surface area contributed by atoms with E-state index in [0.29, 0.717) is 6.61 Å². The maximum Gasteiger partial charge on any atom is 0.123 e. The Morgan fingerprint density at radius 3 is 2.78 bits per heavy atom. The first-order valence-corrected chi connectivity index (χ1v) is 6.62. The Morgan fingerprint density at radius 1 is 1.33 bits per heavy atom. The predicted octanol–water partition coefficient (Wildman–Crippen LogP) is 2.35. The first-order chi connectivity index (χ1) is 8.57. The van der Waals surface area contributed by atoms with Crippen LogP contribution in [0, 0.1) is 0 Å². The molecule has 1 unspecified atom stereocenters. The SMILES string of the molecule is CC(C)(C)c1ccccc1OCC1CNCCO1. The van der Waals surface area contributed by atoms with Crippen molar-refractivity contribution in [1.29, 1.82) is 0 Å². The number of hydrogen-bond donors (Lipinski definition) is 1. The summed E-state index contributed by atoms with van der Waals surface area (Å²) in [6.45, 7) is 9.80. The Labute approximate surface area is 109 Å². The van der Waals surface area contributed by atoms with E-state index in [1.807, 2.05) is 12.1 Å². The molecule has 1 aromatic rings. The van der Waals surface area contributed by atoms with E-state index in [-0.39, 0.29) is 11.5 Å². The van der Waals surface area contributed by atoms with Gasteiger partial charge in [-0.1, -0.05) is 39.0 Å². The van der Waals surface area contributed by atoms with Crippen LogP contribution >= 0.6 is 0 Å². The predicted molar refractivity (Wildman–Crippen MR) is 73.2 cm³/mol. The van der Waals surface area contributed by atoms with Crippen LogP contribution in [0.15, 0.2) is 24.3 Å². The molecule has 0 saturated carbocycles. The molecule has 100 valence electrons. The maximum atomic E-state index is 5.94. The van der Waals surface area contributed by atoms with Crippen molar-refractivity contribution < 1.29 is 9.47 Å². The molecule has 1 aliphatic rings. The van der Waals surface area contributed by atoms with Crippen LogP contribution in [-0.4, -0.2) is 32.4 Å². The summed E-state index contributed by atoms with van der Waals surface area (Å²) in [4.78, 5) is 0. The molecule has 1 saturated heterocycles. The quantitative estimate of drug-likeness (QED) is 0.892. The van der Waals surface area contributed by atoms with E-state index in [1.165, 1.54) is 5.56 Å². The normalized spacial score (nSPS) is 20.7. The van der Waals surface area contributed by atoms with Crippen molar-refractivity contribution in [1.82, 2.24) is 5.32 Å². The summed E-state index contributed by atoms with van der Waals surface area (Å²) in [7, 11) is 0. The monoisotopic (exact) mass is 249 g/mol. The number of hydrogen-bond acceptors (Lipinski definition) is 3. The lowest BCUT2D eigenvalue weighted by atomic mass is 9.86. The zero-order valence-electron chi connectivity index (χ0n) is 11.5. The van der Waals surface area contributed by atoms with Gasteiger partial charge in [0.25, 0.3) is 0 Å². The molecule has 2 rings (SSSR count). The van der Waals surface area contributed by atoms with Crippen LogP contribution in [0.5, 0.6) is 5.75 Å². The lowest BCUT2D eigenvalue weighted by Crippen LogP contribution is -2.41. The molecular weight excluding hydrogens is 226 g/mol. The second-order valence-electron chi connectivity index (χ2n) is 5.75. The summed E-state index contributed by atoms with van der Waals surface area (Å²) in [5, 5.41) is 3.31. The van der Waals surface area contributed by atoms with Crippen molar-refractivity contribution in [3.05, 3.63) is 29.8 Å². The molecule has 0 aliphatic carbocycles. The van der Waals surface area contributed by atoms with Crippen molar-refractivity contribution in [2.24, 2.45) is 0 Å². The van der Waals surface area contributed by atoms with Gasteiger partial charge in [-0.15, -0.1) is 0 Å². The summed E-state index contributed by atoms with van der Waals surface area (Å²) >= 11 is 0. The third kappa shape index (κ3) is 3.47. The minimum atomic E-state index is 0.0995. The van der Waals surface area contributed by atoms with Gasteiger partial charge in [-0.25, -0.2) is 0 Å². The summed E-state index contributed by atoms with van der Waals surface area (Å²) in [6, 6.07) is 8.25. The molecule has 0 spiro atoms. The number of benzene rings is 1. The fraction of sp³-hybridized carbons (Fsp3) is 0.600. The van der Waals surface area contributed by atoms with Gasteiger partial charge in [0.05, 0.1) is 6.61 Å².